The van der Waals surface area contributed by atoms with Gasteiger partial charge in [0.2, 0.25) is 5.91 Å². The molecule has 7 heteroatoms. The molecule has 3 aromatic carbocycles. The maximum Gasteiger partial charge on any atom is 0.277 e. The van der Waals surface area contributed by atoms with Crippen LogP contribution in [-0.2, 0) is 9.59 Å². The number of carbonyl (C=O) groups excluding carboxylic acids is 2. The Morgan fingerprint density at radius 2 is 1.62 bits per heavy atom. The van der Waals surface area contributed by atoms with Gasteiger partial charge >= 0.3 is 0 Å². The summed E-state index contributed by atoms with van der Waals surface area (Å²) in [5.74, 6) is 0.00641. The fourth-order valence-corrected chi connectivity index (χ4v) is 2.90. The summed E-state index contributed by atoms with van der Waals surface area (Å²) in [4.78, 5) is 23.3. The second kappa shape index (κ2) is 10.5. The Labute approximate surface area is 186 Å². The highest BCUT2D eigenvalue weighted by molar-refractivity contribution is 6.00. The monoisotopic (exact) mass is 426 g/mol. The summed E-state index contributed by atoms with van der Waals surface area (Å²) < 4.78 is 5.52. The number of hydrogen-bond acceptors (Lipinski definition) is 5. The molecule has 2 amide bonds. The van der Waals surface area contributed by atoms with Gasteiger partial charge in [-0.25, -0.2) is 5.43 Å². The van der Waals surface area contributed by atoms with Gasteiger partial charge in [-0.2, -0.15) is 10.4 Å². The van der Waals surface area contributed by atoms with Crippen molar-refractivity contribution in [2.24, 2.45) is 5.10 Å². The van der Waals surface area contributed by atoms with Gasteiger partial charge in [0.05, 0.1) is 17.3 Å². The molecule has 7 nitrogen and oxygen atoms in total. The van der Waals surface area contributed by atoms with Crippen molar-refractivity contribution < 1.29 is 14.3 Å². The van der Waals surface area contributed by atoms with E-state index in [1.165, 1.54) is 6.92 Å². The van der Waals surface area contributed by atoms with E-state index >= 15 is 0 Å². The molecule has 32 heavy (non-hydrogen) atoms. The van der Waals surface area contributed by atoms with E-state index < -0.39 is 5.91 Å². The van der Waals surface area contributed by atoms with Crippen molar-refractivity contribution in [1.29, 1.82) is 5.26 Å². The van der Waals surface area contributed by atoms with Gasteiger partial charge in [-0.15, -0.1) is 0 Å². The number of benzene rings is 3. The number of nitriles is 1. The topological polar surface area (TPSA) is 104 Å². The lowest BCUT2D eigenvalue weighted by atomic mass is 10.0. The van der Waals surface area contributed by atoms with Crippen LogP contribution < -0.4 is 15.5 Å². The number of nitrogens with zero attached hydrogens (tertiary/aromatic N) is 2. The zero-order chi connectivity index (χ0) is 22.9. The van der Waals surface area contributed by atoms with Crippen LogP contribution in [0, 0.1) is 11.3 Å². The van der Waals surface area contributed by atoms with Crippen LogP contribution in [0.5, 0.6) is 5.75 Å². The van der Waals surface area contributed by atoms with Gasteiger partial charge < -0.3 is 10.1 Å². The summed E-state index contributed by atoms with van der Waals surface area (Å²) in [5, 5.41) is 15.7. The lowest BCUT2D eigenvalue weighted by Crippen LogP contribution is -2.25. The predicted octanol–water partition coefficient (Wildman–Crippen LogP) is 4.10. The van der Waals surface area contributed by atoms with Gasteiger partial charge in [0.25, 0.3) is 5.91 Å². The third kappa shape index (κ3) is 6.28. The fourth-order valence-electron chi connectivity index (χ4n) is 2.90. The standard InChI is InChI=1S/C25H22N4O3/c1-17(22-4-3-5-23(14-22)27-18(2)30)28-29-25(31)16-32-24-12-10-21(11-13-24)20-8-6-19(15-26)7-9-20/h3-14H,16H2,1-2H3,(H,27,30)(H,29,31)/b28-17-. The van der Waals surface area contributed by atoms with E-state index in [0.717, 1.165) is 16.7 Å². The summed E-state index contributed by atoms with van der Waals surface area (Å²) in [5.41, 5.74) is 7.07. The Bertz CT molecular complexity index is 1180. The van der Waals surface area contributed by atoms with E-state index in [1.807, 2.05) is 30.3 Å². The molecule has 0 spiro atoms. The van der Waals surface area contributed by atoms with Crippen molar-refractivity contribution in [3.63, 3.8) is 0 Å². The number of anilines is 1. The zero-order valence-electron chi connectivity index (χ0n) is 17.8. The molecule has 0 aliphatic carbocycles. The van der Waals surface area contributed by atoms with Crippen LogP contribution in [0.15, 0.2) is 77.9 Å². The highest BCUT2D eigenvalue weighted by atomic mass is 16.5. The highest BCUT2D eigenvalue weighted by Gasteiger charge is 2.05. The minimum absolute atomic E-state index is 0.160. The minimum atomic E-state index is -0.390. The first-order valence-corrected chi connectivity index (χ1v) is 9.89. The number of hydrazone groups is 1. The van der Waals surface area contributed by atoms with E-state index in [2.05, 4.69) is 21.9 Å². The third-order valence-electron chi connectivity index (χ3n) is 4.52. The average Bonchev–Trinajstić information content (AvgIpc) is 2.81. The maximum atomic E-state index is 12.1. The second-order valence-electron chi connectivity index (χ2n) is 7.00. The molecule has 0 heterocycles. The molecule has 0 atom stereocenters. The van der Waals surface area contributed by atoms with Crippen LogP contribution in [0.4, 0.5) is 5.69 Å². The van der Waals surface area contributed by atoms with Crippen LogP contribution in [0.25, 0.3) is 11.1 Å². The number of rotatable bonds is 7. The van der Waals surface area contributed by atoms with Gasteiger partial charge in [0.1, 0.15) is 5.75 Å². The smallest absolute Gasteiger partial charge is 0.277 e. The minimum Gasteiger partial charge on any atom is -0.484 e. The molecule has 0 fully saturated rings. The van der Waals surface area contributed by atoms with Crippen LogP contribution in [-0.4, -0.2) is 24.1 Å². The average molecular weight is 426 g/mol. The van der Waals surface area contributed by atoms with E-state index in [-0.39, 0.29) is 12.5 Å². The number of ether oxygens (including phenoxy) is 1. The molecule has 0 aliphatic rings. The maximum absolute atomic E-state index is 12.1. The Kier molecular flexibility index (Phi) is 7.33. The van der Waals surface area contributed by atoms with Crippen LogP contribution >= 0.6 is 0 Å². The summed E-state index contributed by atoms with van der Waals surface area (Å²) in [7, 11) is 0. The van der Waals surface area contributed by atoms with Crippen molar-refractivity contribution in [2.45, 2.75) is 13.8 Å². The van der Waals surface area contributed by atoms with E-state index in [4.69, 9.17) is 10.00 Å². The number of carbonyl (C=O) groups is 2. The normalized spacial score (nSPS) is 10.7. The molecular weight excluding hydrogens is 404 g/mol. The van der Waals surface area contributed by atoms with Gasteiger partial charge in [0.15, 0.2) is 6.61 Å². The Morgan fingerprint density at radius 3 is 2.25 bits per heavy atom. The molecule has 2 N–H and O–H groups in total. The molecular formula is C25H22N4O3. The Hall–Kier alpha value is -4.44. The van der Waals surface area contributed by atoms with Crippen molar-refractivity contribution in [3.05, 3.63) is 83.9 Å². The van der Waals surface area contributed by atoms with Crippen LogP contribution in [0.1, 0.15) is 25.0 Å². The molecule has 0 bridgehead atoms. The Morgan fingerprint density at radius 1 is 0.969 bits per heavy atom. The first-order chi connectivity index (χ1) is 15.4. The van der Waals surface area contributed by atoms with E-state index in [0.29, 0.717) is 22.7 Å². The second-order valence-corrected chi connectivity index (χ2v) is 7.00. The predicted molar refractivity (Wildman–Crippen MR) is 123 cm³/mol. The van der Waals surface area contributed by atoms with Crippen molar-refractivity contribution in [2.75, 3.05) is 11.9 Å². The zero-order valence-corrected chi connectivity index (χ0v) is 17.8. The van der Waals surface area contributed by atoms with Gasteiger partial charge in [0, 0.05) is 12.6 Å². The van der Waals surface area contributed by atoms with Crippen molar-refractivity contribution in [3.8, 4) is 22.9 Å². The van der Waals surface area contributed by atoms with E-state index in [1.54, 1.807) is 49.4 Å². The molecule has 0 unspecified atom stereocenters. The van der Waals surface area contributed by atoms with Gasteiger partial charge in [-0.1, -0.05) is 36.4 Å². The quantitative estimate of drug-likeness (QED) is 0.438. The van der Waals surface area contributed by atoms with Gasteiger partial charge in [-0.3, -0.25) is 9.59 Å². The van der Waals surface area contributed by atoms with Gasteiger partial charge in [-0.05, 0) is 60.0 Å². The summed E-state index contributed by atoms with van der Waals surface area (Å²) in [6, 6.07) is 23.9. The largest absolute Gasteiger partial charge is 0.484 e. The number of nitrogens with one attached hydrogen (secondary N) is 2. The molecule has 160 valence electrons. The van der Waals surface area contributed by atoms with E-state index in [9.17, 15) is 9.59 Å². The number of amides is 2. The lowest BCUT2D eigenvalue weighted by molar-refractivity contribution is -0.123. The SMILES string of the molecule is CC(=O)Nc1cccc(/C(C)=N\NC(=O)COc2ccc(-c3ccc(C#N)cc3)cc2)c1. The lowest BCUT2D eigenvalue weighted by Gasteiger charge is -2.08. The third-order valence-corrected chi connectivity index (χ3v) is 4.52. The Balaban J connectivity index is 1.53. The number of hydrogen-bond donors (Lipinski definition) is 2. The summed E-state index contributed by atoms with van der Waals surface area (Å²) in [6.07, 6.45) is 0. The first kappa shape index (κ1) is 22.2. The summed E-state index contributed by atoms with van der Waals surface area (Å²) >= 11 is 0. The van der Waals surface area contributed by atoms with Crippen molar-refractivity contribution >= 4 is 23.2 Å². The molecule has 0 radical (unpaired) electrons. The molecule has 0 saturated heterocycles. The van der Waals surface area contributed by atoms with Crippen LogP contribution in [0.3, 0.4) is 0 Å². The first-order valence-electron chi connectivity index (χ1n) is 9.89. The molecule has 0 aromatic heterocycles. The molecule has 3 rings (SSSR count). The molecule has 3 aromatic rings. The molecule has 0 saturated carbocycles. The fraction of sp³-hybridized carbons (Fsp3) is 0.120. The van der Waals surface area contributed by atoms with Crippen molar-refractivity contribution in [1.82, 2.24) is 5.43 Å². The summed E-state index contributed by atoms with van der Waals surface area (Å²) in [6.45, 7) is 3.02. The highest BCUT2D eigenvalue weighted by Crippen LogP contribution is 2.22. The van der Waals surface area contributed by atoms with Crippen LogP contribution in [0.2, 0.25) is 0 Å². The molecule has 0 aliphatic heterocycles.